The molecule has 8 nitrogen and oxygen atoms in total. The molecule has 1 atom stereocenters. The predicted octanol–water partition coefficient (Wildman–Crippen LogP) is 0.273. The third-order valence-corrected chi connectivity index (χ3v) is 3.94. The van der Waals surface area contributed by atoms with Gasteiger partial charge in [-0.25, -0.2) is 4.39 Å². The minimum atomic E-state index is -1.55. The van der Waals surface area contributed by atoms with E-state index >= 15 is 0 Å². The Kier molecular flexibility index (Phi) is 9.54. The Morgan fingerprint density at radius 2 is 1.97 bits per heavy atom. The Balaban J connectivity index is 0.000000447. The first-order chi connectivity index (χ1) is 13.7. The van der Waals surface area contributed by atoms with Crippen LogP contribution in [-0.2, 0) is 9.59 Å². The van der Waals surface area contributed by atoms with Crippen molar-refractivity contribution in [2.75, 3.05) is 19.0 Å². The molecule has 0 saturated carbocycles. The lowest BCUT2D eigenvalue weighted by Gasteiger charge is -2.18. The SMILES string of the molecule is COc1cc(NC(C)CCCN)c2nccc(C)c2c1F.O=C([O-])/C=C\C(=O)[O-]. The van der Waals surface area contributed by atoms with Crippen LogP contribution < -0.4 is 26.0 Å². The van der Waals surface area contributed by atoms with Crippen LogP contribution in [-0.4, -0.2) is 36.6 Å². The van der Waals surface area contributed by atoms with Crippen LogP contribution in [0.5, 0.6) is 5.75 Å². The third-order valence-electron chi connectivity index (χ3n) is 3.94. The maximum Gasteiger partial charge on any atom is 0.174 e. The van der Waals surface area contributed by atoms with Crippen molar-refractivity contribution in [1.82, 2.24) is 4.98 Å². The van der Waals surface area contributed by atoms with Gasteiger partial charge < -0.3 is 35.6 Å². The highest BCUT2D eigenvalue weighted by atomic mass is 19.1. The average molecular weight is 405 g/mol. The highest BCUT2D eigenvalue weighted by molar-refractivity contribution is 5.94. The Morgan fingerprint density at radius 1 is 1.34 bits per heavy atom. The third kappa shape index (κ3) is 7.38. The van der Waals surface area contributed by atoms with Gasteiger partial charge in [0.1, 0.15) is 0 Å². The van der Waals surface area contributed by atoms with E-state index in [1.807, 2.05) is 6.92 Å². The number of aryl methyl sites for hydroxylation is 1. The molecule has 0 amide bonds. The zero-order chi connectivity index (χ0) is 22.0. The standard InChI is InChI=1S/C16H22FN3O.C4H4O4/c1-10-6-8-19-16-12(20-11(2)5-4-7-18)9-13(21-3)15(17)14(10)16;5-3(6)1-2-4(7)8/h6,8-9,11,20H,4-5,7,18H2,1-3H3;1-2H,(H,5,6)(H,7,8)/p-2/b;2-1-. The van der Waals surface area contributed by atoms with Gasteiger partial charge in [-0.2, -0.15) is 0 Å². The monoisotopic (exact) mass is 405 g/mol. The zero-order valence-electron chi connectivity index (χ0n) is 16.5. The molecule has 2 aromatic rings. The number of nitrogens with one attached hydrogen (secondary N) is 1. The van der Waals surface area contributed by atoms with E-state index < -0.39 is 11.9 Å². The number of carboxylic acids is 2. The Bertz CT molecular complexity index is 870. The van der Waals surface area contributed by atoms with Crippen LogP contribution >= 0.6 is 0 Å². The summed E-state index contributed by atoms with van der Waals surface area (Å²) in [5, 5.41) is 22.7. The van der Waals surface area contributed by atoms with Crippen LogP contribution in [0.25, 0.3) is 10.9 Å². The summed E-state index contributed by atoms with van der Waals surface area (Å²) in [6.45, 7) is 4.61. The molecule has 0 aliphatic carbocycles. The number of fused-ring (bicyclic) bond motifs is 1. The molecular weight excluding hydrogens is 381 g/mol. The fourth-order valence-electron chi connectivity index (χ4n) is 2.58. The zero-order valence-corrected chi connectivity index (χ0v) is 16.5. The van der Waals surface area contributed by atoms with Crippen LogP contribution in [0.1, 0.15) is 25.3 Å². The van der Waals surface area contributed by atoms with E-state index in [-0.39, 0.29) is 17.6 Å². The van der Waals surface area contributed by atoms with Crippen LogP contribution in [0, 0.1) is 12.7 Å². The molecule has 0 fully saturated rings. The molecule has 1 heterocycles. The first-order valence-electron chi connectivity index (χ1n) is 8.89. The van der Waals surface area contributed by atoms with Gasteiger partial charge in [-0.1, -0.05) is 0 Å². The maximum absolute atomic E-state index is 14.4. The van der Waals surface area contributed by atoms with E-state index in [0.717, 1.165) is 24.1 Å². The summed E-state index contributed by atoms with van der Waals surface area (Å²) in [6, 6.07) is 3.70. The van der Waals surface area contributed by atoms with E-state index in [0.29, 0.717) is 29.6 Å². The molecule has 29 heavy (non-hydrogen) atoms. The number of aromatic nitrogens is 1. The Morgan fingerprint density at radius 3 is 2.48 bits per heavy atom. The lowest BCUT2D eigenvalue weighted by Crippen LogP contribution is -2.23. The van der Waals surface area contributed by atoms with E-state index in [2.05, 4.69) is 17.2 Å². The lowest BCUT2D eigenvalue weighted by molar-refractivity contribution is -0.301. The number of carboxylic acid groups (broad SMARTS) is 2. The van der Waals surface area contributed by atoms with E-state index in [9.17, 15) is 24.2 Å². The molecule has 158 valence electrons. The van der Waals surface area contributed by atoms with Crippen molar-refractivity contribution in [2.24, 2.45) is 5.73 Å². The summed E-state index contributed by atoms with van der Waals surface area (Å²) in [4.78, 5) is 23.2. The lowest BCUT2D eigenvalue weighted by atomic mass is 10.1. The van der Waals surface area contributed by atoms with Gasteiger partial charge in [-0.3, -0.25) is 4.98 Å². The number of rotatable bonds is 8. The number of hydrogen-bond donors (Lipinski definition) is 2. The van der Waals surface area contributed by atoms with Crippen molar-refractivity contribution in [3.63, 3.8) is 0 Å². The number of pyridine rings is 1. The van der Waals surface area contributed by atoms with Gasteiger partial charge in [0, 0.05) is 23.7 Å². The van der Waals surface area contributed by atoms with Gasteiger partial charge >= 0.3 is 0 Å². The summed E-state index contributed by atoms with van der Waals surface area (Å²) in [5.74, 6) is -3.23. The number of hydrogen-bond acceptors (Lipinski definition) is 8. The highest BCUT2D eigenvalue weighted by Gasteiger charge is 2.16. The van der Waals surface area contributed by atoms with E-state index in [1.165, 1.54) is 7.11 Å². The topological polar surface area (TPSA) is 140 Å². The number of methoxy groups -OCH3 is 1. The molecular formula is C20H24FN3O5-2. The number of anilines is 1. The number of aliphatic carboxylic acids is 2. The molecule has 0 spiro atoms. The fourth-order valence-corrected chi connectivity index (χ4v) is 2.58. The number of nitrogens with two attached hydrogens (primary N) is 1. The molecule has 1 aromatic carbocycles. The number of carbonyl (C=O) groups excluding carboxylic acids is 2. The van der Waals surface area contributed by atoms with Crippen LogP contribution in [0.2, 0.25) is 0 Å². The quantitative estimate of drug-likeness (QED) is 0.597. The van der Waals surface area contributed by atoms with Crippen molar-refractivity contribution < 1.29 is 28.9 Å². The van der Waals surface area contributed by atoms with Crippen molar-refractivity contribution >= 4 is 28.5 Å². The summed E-state index contributed by atoms with van der Waals surface area (Å²) in [5.41, 5.74) is 7.80. The van der Waals surface area contributed by atoms with Crippen molar-refractivity contribution in [3.05, 3.63) is 41.9 Å². The number of halogens is 1. The van der Waals surface area contributed by atoms with Crippen molar-refractivity contribution in [3.8, 4) is 5.75 Å². The number of ether oxygens (including phenoxy) is 1. The van der Waals surface area contributed by atoms with Crippen LogP contribution in [0.15, 0.2) is 30.5 Å². The molecule has 9 heteroatoms. The first-order valence-corrected chi connectivity index (χ1v) is 8.89. The first kappa shape index (κ1) is 23.8. The predicted molar refractivity (Wildman–Crippen MR) is 104 cm³/mol. The number of carbonyl (C=O) groups is 2. The van der Waals surface area contributed by atoms with Gasteiger partial charge in [0.05, 0.1) is 30.3 Å². The second-order valence-electron chi connectivity index (χ2n) is 6.24. The largest absolute Gasteiger partial charge is 0.545 e. The summed E-state index contributed by atoms with van der Waals surface area (Å²) >= 11 is 0. The average Bonchev–Trinajstić information content (AvgIpc) is 2.67. The molecule has 0 radical (unpaired) electrons. The van der Waals surface area contributed by atoms with Crippen LogP contribution in [0.4, 0.5) is 10.1 Å². The van der Waals surface area contributed by atoms with E-state index in [4.69, 9.17) is 10.5 Å². The normalized spacial score (nSPS) is 11.6. The smallest absolute Gasteiger partial charge is 0.174 e. The molecule has 2 rings (SSSR count). The van der Waals surface area contributed by atoms with Crippen molar-refractivity contribution in [1.29, 1.82) is 0 Å². The molecule has 1 unspecified atom stereocenters. The number of nitrogens with zero attached hydrogens (tertiary/aromatic N) is 1. The minimum absolute atomic E-state index is 0.229. The van der Waals surface area contributed by atoms with Gasteiger partial charge in [0.2, 0.25) is 0 Å². The summed E-state index contributed by atoms with van der Waals surface area (Å²) in [7, 11) is 1.47. The number of benzene rings is 1. The Labute approximate surface area is 168 Å². The van der Waals surface area contributed by atoms with Crippen molar-refractivity contribution in [2.45, 2.75) is 32.7 Å². The molecule has 1 aromatic heterocycles. The fraction of sp³-hybridized carbons (Fsp3) is 0.350. The van der Waals surface area contributed by atoms with Gasteiger partial charge in [-0.15, -0.1) is 0 Å². The summed E-state index contributed by atoms with van der Waals surface area (Å²) < 4.78 is 19.6. The molecule has 0 bridgehead atoms. The Hall–Kier alpha value is -3.20. The van der Waals surface area contributed by atoms with Gasteiger partial charge in [-0.05, 0) is 57.0 Å². The molecule has 0 saturated heterocycles. The minimum Gasteiger partial charge on any atom is -0.545 e. The van der Waals surface area contributed by atoms with Crippen LogP contribution in [0.3, 0.4) is 0 Å². The molecule has 3 N–H and O–H groups in total. The summed E-state index contributed by atoms with van der Waals surface area (Å²) in [6.07, 6.45) is 4.35. The highest BCUT2D eigenvalue weighted by Crippen LogP contribution is 2.34. The van der Waals surface area contributed by atoms with E-state index in [1.54, 1.807) is 18.3 Å². The second kappa shape index (κ2) is 11.6. The maximum atomic E-state index is 14.4. The van der Waals surface area contributed by atoms with Gasteiger partial charge in [0.15, 0.2) is 11.6 Å². The molecule has 0 aliphatic rings. The van der Waals surface area contributed by atoms with Gasteiger partial charge in [0.25, 0.3) is 0 Å². The second-order valence-corrected chi connectivity index (χ2v) is 6.24. The molecule has 0 aliphatic heterocycles.